The summed E-state index contributed by atoms with van der Waals surface area (Å²) in [6.45, 7) is 2.78. The molecule has 0 spiro atoms. The molecule has 0 aliphatic carbocycles. The van der Waals surface area contributed by atoms with Gasteiger partial charge < -0.3 is 14.7 Å². The average Bonchev–Trinajstić information content (AvgIpc) is 3.33. The van der Waals surface area contributed by atoms with Crippen LogP contribution in [-0.4, -0.2) is 55.1 Å². The number of carbonyl (C=O) groups excluding carboxylic acids is 1. The molecule has 1 aliphatic rings. The number of benzene rings is 1. The maximum atomic E-state index is 13.5. The third-order valence-corrected chi connectivity index (χ3v) is 5.52. The van der Waals surface area contributed by atoms with Gasteiger partial charge in [0.05, 0.1) is 43.1 Å². The first kappa shape index (κ1) is 20.9. The van der Waals surface area contributed by atoms with Crippen molar-refractivity contribution in [2.45, 2.75) is 32.4 Å². The number of aliphatic hydroxyl groups excluding tert-OH is 1. The molecule has 2 atom stereocenters. The van der Waals surface area contributed by atoms with E-state index in [4.69, 9.17) is 4.74 Å². The molecule has 162 valence electrons. The Morgan fingerprint density at radius 2 is 2.03 bits per heavy atom. The van der Waals surface area contributed by atoms with Crippen molar-refractivity contribution >= 4 is 5.91 Å². The molecule has 0 unspecified atom stereocenters. The maximum absolute atomic E-state index is 13.5. The summed E-state index contributed by atoms with van der Waals surface area (Å²) >= 11 is 0. The van der Waals surface area contributed by atoms with E-state index in [1.54, 1.807) is 30.6 Å². The maximum Gasteiger partial charge on any atom is 0.256 e. The van der Waals surface area contributed by atoms with Crippen molar-refractivity contribution in [3.8, 4) is 11.6 Å². The Morgan fingerprint density at radius 3 is 2.74 bits per heavy atom. The van der Waals surface area contributed by atoms with Crippen molar-refractivity contribution in [1.82, 2.24) is 24.9 Å². The van der Waals surface area contributed by atoms with Crippen LogP contribution in [0.25, 0.3) is 5.69 Å². The topological polar surface area (TPSA) is 93.4 Å². The van der Waals surface area contributed by atoms with E-state index in [-0.39, 0.29) is 24.5 Å². The summed E-state index contributed by atoms with van der Waals surface area (Å²) in [4.78, 5) is 20.7. The Bertz CT molecular complexity index is 1030. The van der Waals surface area contributed by atoms with Crippen LogP contribution in [-0.2, 0) is 6.61 Å². The van der Waals surface area contributed by atoms with Crippen LogP contribution < -0.4 is 4.74 Å². The lowest BCUT2D eigenvalue weighted by molar-refractivity contribution is 0.0502. The van der Waals surface area contributed by atoms with E-state index in [2.05, 4.69) is 15.2 Å². The van der Waals surface area contributed by atoms with Gasteiger partial charge in [0.15, 0.2) is 0 Å². The molecule has 0 saturated carbocycles. The van der Waals surface area contributed by atoms with Gasteiger partial charge in [-0.3, -0.25) is 4.79 Å². The molecular formula is C22H24FN5O3. The van der Waals surface area contributed by atoms with Gasteiger partial charge in [0.2, 0.25) is 5.88 Å². The molecule has 9 heteroatoms. The Morgan fingerprint density at radius 1 is 1.23 bits per heavy atom. The van der Waals surface area contributed by atoms with Crippen molar-refractivity contribution in [1.29, 1.82) is 0 Å². The molecule has 2 aromatic heterocycles. The number of carbonyl (C=O) groups is 1. The van der Waals surface area contributed by atoms with Crippen molar-refractivity contribution in [2.24, 2.45) is 5.92 Å². The molecular weight excluding hydrogens is 401 g/mol. The van der Waals surface area contributed by atoms with E-state index in [9.17, 15) is 14.3 Å². The largest absolute Gasteiger partial charge is 0.477 e. The number of nitrogens with zero attached hydrogens (tertiary/aromatic N) is 5. The first-order valence-corrected chi connectivity index (χ1v) is 10.2. The van der Waals surface area contributed by atoms with Gasteiger partial charge in [0.25, 0.3) is 5.91 Å². The zero-order valence-electron chi connectivity index (χ0n) is 17.2. The third-order valence-electron chi connectivity index (χ3n) is 5.52. The standard InChI is InChI=1S/C22H24FN5O3/c1-15-2-3-17(14-31-21-7-5-18(23)11-24-21)12-27(15)22(30)19-10-16(13-29)4-6-20(19)28-25-8-9-26-28/h4-11,15,17,29H,2-3,12-14H2,1H3/t15-,17+/m0/s1. The van der Waals surface area contributed by atoms with Crippen LogP contribution in [0.1, 0.15) is 35.7 Å². The van der Waals surface area contributed by atoms with Crippen LogP contribution in [0.15, 0.2) is 48.9 Å². The highest BCUT2D eigenvalue weighted by molar-refractivity contribution is 5.98. The third kappa shape index (κ3) is 4.72. The van der Waals surface area contributed by atoms with Crippen molar-refractivity contribution in [2.75, 3.05) is 13.2 Å². The lowest BCUT2D eigenvalue weighted by Crippen LogP contribution is -2.47. The Hall–Kier alpha value is -3.33. The number of pyridine rings is 1. The normalized spacial score (nSPS) is 18.7. The summed E-state index contributed by atoms with van der Waals surface area (Å²) in [5.41, 5.74) is 1.65. The molecule has 3 aromatic rings. The smallest absolute Gasteiger partial charge is 0.256 e. The highest BCUT2D eigenvalue weighted by atomic mass is 19.1. The molecule has 3 heterocycles. The van der Waals surface area contributed by atoms with Crippen LogP contribution in [0.3, 0.4) is 0 Å². The van der Waals surface area contributed by atoms with E-state index in [0.717, 1.165) is 19.0 Å². The number of aromatic nitrogens is 4. The fourth-order valence-electron chi connectivity index (χ4n) is 3.77. The summed E-state index contributed by atoms with van der Waals surface area (Å²) in [6, 6.07) is 8.04. The second-order valence-corrected chi connectivity index (χ2v) is 7.70. The zero-order valence-corrected chi connectivity index (χ0v) is 17.2. The summed E-state index contributed by atoms with van der Waals surface area (Å²) in [5.74, 6) is -0.0669. The van der Waals surface area contributed by atoms with E-state index in [1.165, 1.54) is 16.9 Å². The van der Waals surface area contributed by atoms with Gasteiger partial charge in [0, 0.05) is 24.6 Å². The number of hydrogen-bond donors (Lipinski definition) is 1. The highest BCUT2D eigenvalue weighted by Crippen LogP contribution is 2.26. The number of hydrogen-bond acceptors (Lipinski definition) is 6. The predicted octanol–water partition coefficient (Wildman–Crippen LogP) is 2.61. The quantitative estimate of drug-likeness (QED) is 0.653. The van der Waals surface area contributed by atoms with Gasteiger partial charge in [-0.05, 0) is 43.5 Å². The number of halogens is 1. The lowest BCUT2D eigenvalue weighted by Gasteiger charge is -2.38. The van der Waals surface area contributed by atoms with Gasteiger partial charge >= 0.3 is 0 Å². The van der Waals surface area contributed by atoms with Gasteiger partial charge in [0.1, 0.15) is 5.82 Å². The summed E-state index contributed by atoms with van der Waals surface area (Å²) in [7, 11) is 0. The number of amides is 1. The van der Waals surface area contributed by atoms with E-state index in [1.807, 2.05) is 11.8 Å². The minimum atomic E-state index is -0.414. The minimum Gasteiger partial charge on any atom is -0.477 e. The number of aliphatic hydroxyl groups is 1. The molecule has 1 saturated heterocycles. The monoisotopic (exact) mass is 425 g/mol. The molecule has 0 radical (unpaired) electrons. The van der Waals surface area contributed by atoms with Crippen molar-refractivity contribution < 1.29 is 19.0 Å². The first-order chi connectivity index (χ1) is 15.0. The number of likely N-dealkylation sites (tertiary alicyclic amines) is 1. The predicted molar refractivity (Wildman–Crippen MR) is 110 cm³/mol. The van der Waals surface area contributed by atoms with Gasteiger partial charge in [-0.15, -0.1) is 0 Å². The number of ether oxygens (including phenoxy) is 1. The molecule has 1 amide bonds. The zero-order chi connectivity index (χ0) is 21.8. The lowest BCUT2D eigenvalue weighted by atomic mass is 9.93. The summed E-state index contributed by atoms with van der Waals surface area (Å²) in [5, 5.41) is 17.9. The molecule has 4 rings (SSSR count). The fourth-order valence-corrected chi connectivity index (χ4v) is 3.77. The molecule has 31 heavy (non-hydrogen) atoms. The Kier molecular flexibility index (Phi) is 6.22. The first-order valence-electron chi connectivity index (χ1n) is 10.2. The SMILES string of the molecule is C[C@H]1CC[C@@H](COc2ccc(F)cn2)CN1C(=O)c1cc(CO)ccc1-n1nccn1. The van der Waals surface area contributed by atoms with Crippen LogP contribution in [0.5, 0.6) is 5.88 Å². The molecule has 1 aromatic carbocycles. The average molecular weight is 425 g/mol. The molecule has 1 fully saturated rings. The van der Waals surface area contributed by atoms with E-state index >= 15 is 0 Å². The summed E-state index contributed by atoms with van der Waals surface area (Å²) in [6.07, 6.45) is 5.97. The highest BCUT2D eigenvalue weighted by Gasteiger charge is 2.31. The van der Waals surface area contributed by atoms with Gasteiger partial charge in [-0.2, -0.15) is 15.0 Å². The van der Waals surface area contributed by atoms with E-state index < -0.39 is 5.82 Å². The summed E-state index contributed by atoms with van der Waals surface area (Å²) < 4.78 is 18.7. The van der Waals surface area contributed by atoms with Crippen LogP contribution in [0.2, 0.25) is 0 Å². The molecule has 8 nitrogen and oxygen atoms in total. The van der Waals surface area contributed by atoms with Crippen LogP contribution >= 0.6 is 0 Å². The fraction of sp³-hybridized carbons (Fsp3) is 0.364. The second-order valence-electron chi connectivity index (χ2n) is 7.70. The van der Waals surface area contributed by atoms with Crippen LogP contribution in [0.4, 0.5) is 4.39 Å². The Labute approximate surface area is 179 Å². The molecule has 0 bridgehead atoms. The molecule has 1 aliphatic heterocycles. The number of piperidine rings is 1. The Balaban J connectivity index is 1.52. The van der Waals surface area contributed by atoms with Crippen molar-refractivity contribution in [3.05, 3.63) is 65.9 Å². The van der Waals surface area contributed by atoms with Crippen LogP contribution in [0, 0.1) is 11.7 Å². The van der Waals surface area contributed by atoms with Gasteiger partial charge in [-0.1, -0.05) is 6.07 Å². The molecule has 1 N–H and O–H groups in total. The van der Waals surface area contributed by atoms with E-state index in [0.29, 0.717) is 35.8 Å². The minimum absolute atomic E-state index is 0.0592. The van der Waals surface area contributed by atoms with Crippen molar-refractivity contribution in [3.63, 3.8) is 0 Å². The van der Waals surface area contributed by atoms with Gasteiger partial charge in [-0.25, -0.2) is 9.37 Å². The number of rotatable bonds is 6. The second kappa shape index (κ2) is 9.22.